The lowest BCUT2D eigenvalue weighted by atomic mass is 10.1. The Morgan fingerprint density at radius 1 is 1.13 bits per heavy atom. The first-order valence-electron chi connectivity index (χ1n) is 8.91. The van der Waals surface area contributed by atoms with Crippen molar-refractivity contribution < 1.29 is 32.3 Å². The molecule has 0 spiro atoms. The third kappa shape index (κ3) is 5.43. The highest BCUT2D eigenvalue weighted by molar-refractivity contribution is 7.89. The van der Waals surface area contributed by atoms with Crippen molar-refractivity contribution in [3.8, 4) is 11.3 Å². The van der Waals surface area contributed by atoms with Gasteiger partial charge < -0.3 is 14.7 Å². The van der Waals surface area contributed by atoms with E-state index < -0.39 is 22.9 Å². The molecule has 1 aliphatic rings. The smallest absolute Gasteiger partial charge is 0.450 e. The number of carboxylic acid groups (broad SMARTS) is 2. The molecule has 4 rings (SSSR count). The van der Waals surface area contributed by atoms with E-state index in [1.807, 2.05) is 30.3 Å². The molecule has 2 atom stereocenters. The third-order valence-corrected chi connectivity index (χ3v) is 5.98. The van der Waals surface area contributed by atoms with Gasteiger partial charge in [-0.3, -0.25) is 0 Å². The topological polar surface area (TPSA) is 130 Å². The van der Waals surface area contributed by atoms with Gasteiger partial charge in [0.15, 0.2) is 5.76 Å². The Morgan fingerprint density at radius 3 is 2.33 bits per heavy atom. The molecule has 10 heteroatoms. The van der Waals surface area contributed by atoms with E-state index in [2.05, 4.69) is 9.88 Å². The molecular formula is C20H19FN2O6S. The van der Waals surface area contributed by atoms with Crippen LogP contribution in [0.1, 0.15) is 23.7 Å². The summed E-state index contributed by atoms with van der Waals surface area (Å²) >= 11 is 0. The Kier molecular flexibility index (Phi) is 6.48. The summed E-state index contributed by atoms with van der Waals surface area (Å²) in [5.74, 6) is 0.360. The van der Waals surface area contributed by atoms with E-state index in [0.29, 0.717) is 11.3 Å². The maximum atomic E-state index is 12.6. The van der Waals surface area contributed by atoms with Crippen LogP contribution < -0.4 is 4.72 Å². The van der Waals surface area contributed by atoms with Gasteiger partial charge in [0.05, 0.1) is 4.90 Å². The van der Waals surface area contributed by atoms with Crippen molar-refractivity contribution >= 4 is 16.2 Å². The Balaban J connectivity index is 0.000000589. The number of carbonyl (C=O) groups is 1. The molecule has 0 radical (unpaired) electrons. The molecule has 8 nitrogen and oxygen atoms in total. The molecule has 3 N–H and O–H groups in total. The normalized spacial score (nSPS) is 17.6. The SMILES string of the molecule is O=C(O)O.O=S(=O)(N[C@H]1C[C@@H]1c1ccccc1)c1ccc(-c2cc(CF)on2)cc1. The maximum Gasteiger partial charge on any atom is 0.503 e. The summed E-state index contributed by atoms with van der Waals surface area (Å²) in [6.45, 7) is -0.729. The summed E-state index contributed by atoms with van der Waals surface area (Å²) in [6.07, 6.45) is -1.04. The third-order valence-electron chi connectivity index (χ3n) is 4.48. The van der Waals surface area contributed by atoms with Crippen molar-refractivity contribution in [2.24, 2.45) is 0 Å². The summed E-state index contributed by atoms with van der Waals surface area (Å²) in [7, 11) is -3.59. The predicted octanol–water partition coefficient (Wildman–Crippen LogP) is 3.87. The number of rotatable bonds is 6. The van der Waals surface area contributed by atoms with Crippen LogP contribution in [0.2, 0.25) is 0 Å². The van der Waals surface area contributed by atoms with Crippen LogP contribution in [0.3, 0.4) is 0 Å². The standard InChI is InChI=1S/C19H17FN2O3S.CH2O3/c20-12-15-10-18(21-25-15)14-6-8-16(9-7-14)26(23,24)22-19-11-17(19)13-4-2-1-3-5-13;2-1(3)4/h1-10,17,19,22H,11-12H2;(H2,2,3,4)/t17-,19+;/m1./s1. The van der Waals surface area contributed by atoms with Crippen molar-refractivity contribution in [1.82, 2.24) is 9.88 Å². The zero-order chi connectivity index (χ0) is 21.7. The summed E-state index contributed by atoms with van der Waals surface area (Å²) in [5.41, 5.74) is 2.28. The van der Waals surface area contributed by atoms with Gasteiger partial charge >= 0.3 is 6.16 Å². The molecule has 0 unspecified atom stereocenters. The first kappa shape index (κ1) is 21.5. The molecule has 1 saturated carbocycles. The zero-order valence-electron chi connectivity index (χ0n) is 15.6. The molecule has 0 bridgehead atoms. The number of nitrogens with one attached hydrogen (secondary N) is 1. The predicted molar refractivity (Wildman–Crippen MR) is 105 cm³/mol. The summed E-state index contributed by atoms with van der Waals surface area (Å²) in [5, 5.41) is 17.7. The van der Waals surface area contributed by atoms with Crippen LogP contribution in [-0.2, 0) is 16.7 Å². The minimum Gasteiger partial charge on any atom is -0.450 e. The number of hydrogen-bond acceptors (Lipinski definition) is 5. The van der Waals surface area contributed by atoms with Crippen LogP contribution in [0.5, 0.6) is 0 Å². The van der Waals surface area contributed by atoms with Gasteiger partial charge in [0.1, 0.15) is 12.4 Å². The molecule has 1 fully saturated rings. The van der Waals surface area contributed by atoms with Crippen LogP contribution in [0.25, 0.3) is 11.3 Å². The van der Waals surface area contributed by atoms with Crippen LogP contribution in [0, 0.1) is 0 Å². The van der Waals surface area contributed by atoms with Crippen LogP contribution >= 0.6 is 0 Å². The number of nitrogens with zero attached hydrogens (tertiary/aromatic N) is 1. The lowest BCUT2D eigenvalue weighted by Gasteiger charge is -2.07. The molecule has 2 aromatic carbocycles. The van der Waals surface area contributed by atoms with Gasteiger partial charge in [0.2, 0.25) is 10.0 Å². The van der Waals surface area contributed by atoms with Gasteiger partial charge in [-0.25, -0.2) is 22.3 Å². The molecule has 1 aromatic heterocycles. The van der Waals surface area contributed by atoms with E-state index in [1.165, 1.54) is 18.2 Å². The Labute approximate surface area is 172 Å². The van der Waals surface area contributed by atoms with Crippen molar-refractivity contribution in [2.45, 2.75) is 30.0 Å². The fraction of sp³-hybridized carbons (Fsp3) is 0.200. The number of sulfonamides is 1. The van der Waals surface area contributed by atoms with E-state index in [4.69, 9.17) is 19.5 Å². The average Bonchev–Trinajstić information content (AvgIpc) is 3.30. The number of halogens is 1. The van der Waals surface area contributed by atoms with Gasteiger partial charge in [-0.05, 0) is 24.1 Å². The fourth-order valence-electron chi connectivity index (χ4n) is 2.98. The molecule has 0 saturated heterocycles. The van der Waals surface area contributed by atoms with E-state index in [-0.39, 0.29) is 22.6 Å². The number of hydrogen-bond donors (Lipinski definition) is 3. The highest BCUT2D eigenvalue weighted by Crippen LogP contribution is 2.41. The van der Waals surface area contributed by atoms with Gasteiger partial charge in [-0.2, -0.15) is 0 Å². The highest BCUT2D eigenvalue weighted by atomic mass is 32.2. The Hall–Kier alpha value is -3.24. The lowest BCUT2D eigenvalue weighted by Crippen LogP contribution is -2.26. The zero-order valence-corrected chi connectivity index (χ0v) is 16.4. The first-order valence-corrected chi connectivity index (χ1v) is 10.4. The molecule has 1 aliphatic carbocycles. The number of aromatic nitrogens is 1. The summed E-state index contributed by atoms with van der Waals surface area (Å²) in [6, 6.07) is 17.6. The van der Waals surface area contributed by atoms with E-state index in [0.717, 1.165) is 12.0 Å². The van der Waals surface area contributed by atoms with Gasteiger partial charge in [-0.15, -0.1) is 0 Å². The average molecular weight is 434 g/mol. The van der Waals surface area contributed by atoms with E-state index in [1.54, 1.807) is 12.1 Å². The minimum absolute atomic E-state index is 0.0790. The lowest BCUT2D eigenvalue weighted by molar-refractivity contribution is 0.137. The molecular weight excluding hydrogens is 415 g/mol. The second-order valence-electron chi connectivity index (χ2n) is 6.60. The second-order valence-corrected chi connectivity index (χ2v) is 8.31. The van der Waals surface area contributed by atoms with Crippen LogP contribution in [-0.4, -0.2) is 36.0 Å². The largest absolute Gasteiger partial charge is 0.503 e. The van der Waals surface area contributed by atoms with Crippen molar-refractivity contribution in [1.29, 1.82) is 0 Å². The molecule has 1 heterocycles. The molecule has 30 heavy (non-hydrogen) atoms. The van der Waals surface area contributed by atoms with E-state index >= 15 is 0 Å². The fourth-order valence-corrected chi connectivity index (χ4v) is 4.27. The summed E-state index contributed by atoms with van der Waals surface area (Å²) < 4.78 is 45.2. The molecule has 0 amide bonds. The number of benzene rings is 2. The van der Waals surface area contributed by atoms with Crippen molar-refractivity contribution in [3.63, 3.8) is 0 Å². The monoisotopic (exact) mass is 434 g/mol. The Bertz CT molecular complexity index is 1100. The quantitative estimate of drug-likeness (QED) is 0.537. The van der Waals surface area contributed by atoms with E-state index in [9.17, 15) is 12.8 Å². The van der Waals surface area contributed by atoms with Gasteiger partial charge in [-0.1, -0.05) is 47.6 Å². The minimum atomic E-state index is -3.59. The van der Waals surface area contributed by atoms with Crippen molar-refractivity contribution in [2.75, 3.05) is 0 Å². The Morgan fingerprint density at radius 2 is 1.77 bits per heavy atom. The maximum absolute atomic E-state index is 12.6. The second kappa shape index (κ2) is 9.06. The van der Waals surface area contributed by atoms with Crippen LogP contribution in [0.15, 0.2) is 70.1 Å². The summed E-state index contributed by atoms with van der Waals surface area (Å²) in [4.78, 5) is 8.74. The van der Waals surface area contributed by atoms with Gasteiger partial charge in [0, 0.05) is 23.6 Å². The molecule has 0 aliphatic heterocycles. The van der Waals surface area contributed by atoms with Crippen molar-refractivity contribution in [3.05, 3.63) is 72.0 Å². The molecule has 158 valence electrons. The highest BCUT2D eigenvalue weighted by Gasteiger charge is 2.41. The first-order chi connectivity index (χ1) is 14.3. The molecule has 3 aromatic rings. The van der Waals surface area contributed by atoms with Crippen LogP contribution in [0.4, 0.5) is 9.18 Å². The number of alkyl halides is 1. The van der Waals surface area contributed by atoms with Gasteiger partial charge in [0.25, 0.3) is 0 Å².